The number of hydrogen-bond acceptors (Lipinski definition) is 5. The molecule has 2 saturated heterocycles. The summed E-state index contributed by atoms with van der Waals surface area (Å²) in [6.45, 7) is 6.03. The number of benzene rings is 2. The van der Waals surface area contributed by atoms with E-state index < -0.39 is 12.3 Å². The standard InChI is InChI=1S/C31H36N4O5/c1-3-15-33-19-27(36)35-20(2)29-24(17-26(35)31(33)38)23-8-4-5-9-25(23)34(29)18-21-11-13-22(14-12-21)30(37)32-40-28-10-6-7-16-39-28/h4-5,8-9,11-14,20,26,28H,3,6-7,10,15-19H2,1-2H3,(H,32,37)/t20-,26+,28?/m0/s1. The molecule has 0 saturated carbocycles. The molecule has 3 aromatic rings. The van der Waals surface area contributed by atoms with Gasteiger partial charge in [-0.25, -0.2) is 10.3 Å². The van der Waals surface area contributed by atoms with Crippen LogP contribution in [0.3, 0.4) is 0 Å². The molecule has 9 heteroatoms. The second kappa shape index (κ2) is 11.1. The van der Waals surface area contributed by atoms with Crippen LogP contribution in [0.5, 0.6) is 0 Å². The van der Waals surface area contributed by atoms with Crippen molar-refractivity contribution in [2.75, 3.05) is 19.7 Å². The summed E-state index contributed by atoms with van der Waals surface area (Å²) in [6.07, 6.45) is 3.74. The van der Waals surface area contributed by atoms with Crippen LogP contribution in [0.1, 0.15) is 72.8 Å². The zero-order chi connectivity index (χ0) is 27.8. The highest BCUT2D eigenvalue weighted by Crippen LogP contribution is 2.41. The van der Waals surface area contributed by atoms with Gasteiger partial charge in [-0.15, -0.1) is 0 Å². The fourth-order valence-electron chi connectivity index (χ4n) is 6.47. The quantitative estimate of drug-likeness (QED) is 0.455. The first-order chi connectivity index (χ1) is 19.5. The van der Waals surface area contributed by atoms with Gasteiger partial charge in [-0.1, -0.05) is 37.3 Å². The molecular formula is C31H36N4O5. The van der Waals surface area contributed by atoms with E-state index in [0.29, 0.717) is 31.7 Å². The van der Waals surface area contributed by atoms with Crippen LogP contribution in [0.15, 0.2) is 48.5 Å². The second-order valence-corrected chi connectivity index (χ2v) is 11.0. The molecule has 0 spiro atoms. The Labute approximate surface area is 234 Å². The van der Waals surface area contributed by atoms with E-state index in [1.807, 2.05) is 38.1 Å². The summed E-state index contributed by atoms with van der Waals surface area (Å²) in [5.41, 5.74) is 7.34. The molecule has 0 radical (unpaired) electrons. The van der Waals surface area contributed by atoms with Crippen LogP contribution in [0.25, 0.3) is 10.9 Å². The average Bonchev–Trinajstić information content (AvgIpc) is 3.29. The molecule has 1 N–H and O–H groups in total. The molecule has 3 aliphatic heterocycles. The molecule has 3 amide bonds. The summed E-state index contributed by atoms with van der Waals surface area (Å²) < 4.78 is 7.77. The number of para-hydroxylation sites is 1. The van der Waals surface area contributed by atoms with Crippen molar-refractivity contribution in [2.45, 2.75) is 70.9 Å². The van der Waals surface area contributed by atoms with Gasteiger partial charge in [-0.05, 0) is 55.5 Å². The third-order valence-corrected chi connectivity index (χ3v) is 8.35. The van der Waals surface area contributed by atoms with Crippen LogP contribution in [-0.4, -0.2) is 64.1 Å². The van der Waals surface area contributed by atoms with Crippen LogP contribution in [0, 0.1) is 0 Å². The van der Waals surface area contributed by atoms with E-state index in [9.17, 15) is 14.4 Å². The van der Waals surface area contributed by atoms with Gasteiger partial charge in [0.1, 0.15) is 6.04 Å². The fraction of sp³-hybridized carbons (Fsp3) is 0.452. The highest BCUT2D eigenvalue weighted by Gasteiger charge is 2.46. The lowest BCUT2D eigenvalue weighted by Crippen LogP contribution is -2.62. The van der Waals surface area contributed by atoms with Crippen LogP contribution >= 0.6 is 0 Å². The van der Waals surface area contributed by atoms with Gasteiger partial charge in [-0.2, -0.15) is 0 Å². The zero-order valence-corrected chi connectivity index (χ0v) is 23.1. The number of hydrogen-bond donors (Lipinski definition) is 1. The number of rotatable bonds is 7. The summed E-state index contributed by atoms with van der Waals surface area (Å²) >= 11 is 0. The molecule has 1 aromatic heterocycles. The van der Waals surface area contributed by atoms with Gasteiger partial charge >= 0.3 is 0 Å². The molecule has 40 heavy (non-hydrogen) atoms. The molecule has 3 aliphatic rings. The van der Waals surface area contributed by atoms with Gasteiger partial charge in [0.2, 0.25) is 11.8 Å². The Kier molecular flexibility index (Phi) is 7.33. The number of hydroxylamine groups is 1. The second-order valence-electron chi connectivity index (χ2n) is 11.0. The minimum atomic E-state index is -0.464. The first kappa shape index (κ1) is 26.5. The van der Waals surface area contributed by atoms with Crippen molar-refractivity contribution in [3.63, 3.8) is 0 Å². The van der Waals surface area contributed by atoms with Gasteiger partial charge < -0.3 is 19.1 Å². The molecule has 4 heterocycles. The molecule has 0 bridgehead atoms. The Hall–Kier alpha value is -3.69. The Morgan fingerprint density at radius 2 is 1.90 bits per heavy atom. The largest absolute Gasteiger partial charge is 0.350 e. The van der Waals surface area contributed by atoms with E-state index in [1.54, 1.807) is 21.9 Å². The Morgan fingerprint density at radius 3 is 2.65 bits per heavy atom. The number of piperazine rings is 1. The van der Waals surface area contributed by atoms with Crippen LogP contribution < -0.4 is 5.48 Å². The minimum Gasteiger partial charge on any atom is -0.350 e. The number of nitrogens with zero attached hydrogens (tertiary/aromatic N) is 3. The summed E-state index contributed by atoms with van der Waals surface area (Å²) in [5, 5.41) is 1.12. The van der Waals surface area contributed by atoms with Gasteiger partial charge in [-0.3, -0.25) is 14.4 Å². The van der Waals surface area contributed by atoms with E-state index in [2.05, 4.69) is 22.2 Å². The average molecular weight is 545 g/mol. The first-order valence-electron chi connectivity index (χ1n) is 14.3. The van der Waals surface area contributed by atoms with E-state index in [-0.39, 0.29) is 30.3 Å². The van der Waals surface area contributed by atoms with E-state index in [0.717, 1.165) is 53.4 Å². The summed E-state index contributed by atoms with van der Waals surface area (Å²) in [5.74, 6) is -0.262. The van der Waals surface area contributed by atoms with E-state index in [1.165, 1.54) is 0 Å². The van der Waals surface area contributed by atoms with Crippen LogP contribution in [0.4, 0.5) is 0 Å². The molecule has 1 unspecified atom stereocenters. The Balaban J connectivity index is 1.26. The Morgan fingerprint density at radius 1 is 1.10 bits per heavy atom. The number of carbonyl (C=O) groups excluding carboxylic acids is 3. The third-order valence-electron chi connectivity index (χ3n) is 8.35. The fourth-order valence-corrected chi connectivity index (χ4v) is 6.47. The predicted octanol–water partition coefficient (Wildman–Crippen LogP) is 3.94. The number of aromatic nitrogens is 1. The molecule has 3 atom stereocenters. The normalized spacial score (nSPS) is 22.8. The lowest BCUT2D eigenvalue weighted by Gasteiger charge is -2.46. The molecule has 2 aromatic carbocycles. The summed E-state index contributed by atoms with van der Waals surface area (Å²) in [6, 6.07) is 15.0. The van der Waals surface area contributed by atoms with Crippen molar-refractivity contribution in [1.82, 2.24) is 19.8 Å². The number of ether oxygens (including phenoxy) is 1. The van der Waals surface area contributed by atoms with Gasteiger partial charge in [0.25, 0.3) is 5.91 Å². The highest BCUT2D eigenvalue weighted by atomic mass is 16.8. The summed E-state index contributed by atoms with van der Waals surface area (Å²) in [4.78, 5) is 48.2. The predicted molar refractivity (Wildman–Crippen MR) is 149 cm³/mol. The summed E-state index contributed by atoms with van der Waals surface area (Å²) in [7, 11) is 0. The smallest absolute Gasteiger partial charge is 0.274 e. The highest BCUT2D eigenvalue weighted by molar-refractivity contribution is 5.97. The van der Waals surface area contributed by atoms with Gasteiger partial charge in [0.05, 0.1) is 12.6 Å². The van der Waals surface area contributed by atoms with Gasteiger partial charge in [0.15, 0.2) is 6.29 Å². The number of amides is 3. The van der Waals surface area contributed by atoms with Crippen molar-refractivity contribution in [3.05, 3.63) is 70.9 Å². The van der Waals surface area contributed by atoms with Crippen LogP contribution in [-0.2, 0) is 32.1 Å². The first-order valence-corrected chi connectivity index (χ1v) is 14.3. The molecular weight excluding hydrogens is 508 g/mol. The molecule has 2 fully saturated rings. The maximum atomic E-state index is 13.4. The third kappa shape index (κ3) is 4.77. The maximum absolute atomic E-state index is 13.4. The monoisotopic (exact) mass is 544 g/mol. The number of fused-ring (bicyclic) bond motifs is 4. The molecule has 9 nitrogen and oxygen atoms in total. The minimum absolute atomic E-state index is 0.00390. The molecule has 0 aliphatic carbocycles. The zero-order valence-electron chi connectivity index (χ0n) is 23.1. The number of nitrogens with one attached hydrogen (secondary N) is 1. The molecule has 210 valence electrons. The lowest BCUT2D eigenvalue weighted by molar-refractivity contribution is -0.186. The topological polar surface area (TPSA) is 93.1 Å². The maximum Gasteiger partial charge on any atom is 0.274 e. The van der Waals surface area contributed by atoms with Crippen molar-refractivity contribution in [3.8, 4) is 0 Å². The van der Waals surface area contributed by atoms with Gasteiger partial charge in [0, 0.05) is 54.7 Å². The van der Waals surface area contributed by atoms with Crippen molar-refractivity contribution in [1.29, 1.82) is 0 Å². The SMILES string of the molecule is CCCN1CC(=O)N2[C@H](Cc3c(n(Cc4ccc(C(=O)NOC5CCCCO5)cc4)c4ccccc34)[C@@H]2C)C1=O. The molecule has 6 rings (SSSR count). The van der Waals surface area contributed by atoms with Crippen molar-refractivity contribution in [2.24, 2.45) is 0 Å². The van der Waals surface area contributed by atoms with E-state index >= 15 is 0 Å². The number of carbonyl (C=O) groups is 3. The lowest BCUT2D eigenvalue weighted by atomic mass is 9.89. The van der Waals surface area contributed by atoms with Crippen LogP contribution in [0.2, 0.25) is 0 Å². The Bertz CT molecular complexity index is 1430. The van der Waals surface area contributed by atoms with Crippen molar-refractivity contribution >= 4 is 28.6 Å². The van der Waals surface area contributed by atoms with Crippen molar-refractivity contribution < 1.29 is 24.0 Å². The van der Waals surface area contributed by atoms with E-state index in [4.69, 9.17) is 9.57 Å².